The van der Waals surface area contributed by atoms with E-state index in [-0.39, 0.29) is 16.8 Å². The van der Waals surface area contributed by atoms with Crippen LogP contribution in [0.5, 0.6) is 0 Å². The average Bonchev–Trinajstić information content (AvgIpc) is 2.55. The van der Waals surface area contributed by atoms with Gasteiger partial charge in [0, 0.05) is 17.1 Å². The van der Waals surface area contributed by atoms with E-state index in [2.05, 4.69) is 15.6 Å². The van der Waals surface area contributed by atoms with Gasteiger partial charge >= 0.3 is 0 Å². The molecule has 23 heavy (non-hydrogen) atoms. The highest BCUT2D eigenvalue weighted by Crippen LogP contribution is 2.27. The van der Waals surface area contributed by atoms with Crippen LogP contribution < -0.4 is 16.1 Å². The van der Waals surface area contributed by atoms with Crippen molar-refractivity contribution >= 4 is 34.3 Å². The summed E-state index contributed by atoms with van der Waals surface area (Å²) in [6.45, 7) is 0. The first-order chi connectivity index (χ1) is 11.2. The van der Waals surface area contributed by atoms with Gasteiger partial charge in [0.05, 0.1) is 16.1 Å². The molecule has 6 heteroatoms. The Kier molecular flexibility index (Phi) is 3.31. The van der Waals surface area contributed by atoms with Gasteiger partial charge in [-0.1, -0.05) is 36.0 Å². The molecule has 1 atom stereocenters. The molecule has 1 amide bonds. The van der Waals surface area contributed by atoms with Crippen LogP contribution in [0.25, 0.3) is 10.9 Å². The summed E-state index contributed by atoms with van der Waals surface area (Å²) in [5.74, 6) is -0.125. The number of nitrogens with one attached hydrogen (secondary N) is 3. The molecule has 1 aliphatic rings. The molecule has 0 spiro atoms. The number of hydrogen-bond donors (Lipinski definition) is 3. The van der Waals surface area contributed by atoms with Crippen LogP contribution in [0.4, 0.5) is 5.69 Å². The number of aromatic nitrogens is 1. The van der Waals surface area contributed by atoms with Crippen molar-refractivity contribution < 1.29 is 4.79 Å². The summed E-state index contributed by atoms with van der Waals surface area (Å²) < 4.78 is 0. The monoisotopic (exact) mass is 323 g/mol. The zero-order valence-electron chi connectivity index (χ0n) is 12.0. The fourth-order valence-corrected chi connectivity index (χ4v) is 3.55. The number of H-pyrrole nitrogens is 1. The van der Waals surface area contributed by atoms with Gasteiger partial charge in [-0.3, -0.25) is 9.59 Å². The van der Waals surface area contributed by atoms with Crippen molar-refractivity contribution in [3.8, 4) is 0 Å². The predicted octanol–water partition coefficient (Wildman–Crippen LogP) is 2.76. The first-order valence-electron chi connectivity index (χ1n) is 7.16. The lowest BCUT2D eigenvalue weighted by Crippen LogP contribution is -2.42. The number of amides is 1. The van der Waals surface area contributed by atoms with Crippen molar-refractivity contribution in [3.05, 3.63) is 70.4 Å². The number of aromatic amines is 1. The number of thioether (sulfide) groups is 1. The number of anilines is 1. The second kappa shape index (κ2) is 5.48. The molecule has 5 nitrogen and oxygen atoms in total. The van der Waals surface area contributed by atoms with Crippen molar-refractivity contribution in [3.63, 3.8) is 0 Å². The fraction of sp³-hybridized carbons (Fsp3) is 0.0588. The number of para-hydroxylation sites is 2. The Morgan fingerprint density at radius 2 is 1.70 bits per heavy atom. The maximum Gasteiger partial charge on any atom is 0.255 e. The van der Waals surface area contributed by atoms with E-state index in [4.69, 9.17) is 0 Å². The smallest absolute Gasteiger partial charge is 0.255 e. The maximum atomic E-state index is 12.2. The van der Waals surface area contributed by atoms with E-state index >= 15 is 0 Å². The first kappa shape index (κ1) is 13.9. The Morgan fingerprint density at radius 1 is 0.913 bits per heavy atom. The number of benzene rings is 2. The van der Waals surface area contributed by atoms with Crippen LogP contribution in [0.1, 0.15) is 10.4 Å². The number of rotatable bonds is 2. The van der Waals surface area contributed by atoms with Gasteiger partial charge < -0.3 is 15.6 Å². The average molecular weight is 323 g/mol. The molecule has 1 aromatic heterocycles. The van der Waals surface area contributed by atoms with Crippen LogP contribution in [0.3, 0.4) is 0 Å². The molecular formula is C17H13N3O2S. The third-order valence-electron chi connectivity index (χ3n) is 3.68. The minimum Gasteiger partial charge on any atom is -0.356 e. The number of pyridine rings is 1. The van der Waals surface area contributed by atoms with Gasteiger partial charge in [-0.15, -0.1) is 0 Å². The molecular weight excluding hydrogens is 310 g/mol. The molecule has 1 aliphatic heterocycles. The van der Waals surface area contributed by atoms with E-state index in [0.29, 0.717) is 16.0 Å². The van der Waals surface area contributed by atoms with Gasteiger partial charge in [-0.25, -0.2) is 0 Å². The molecule has 0 radical (unpaired) electrons. The number of fused-ring (bicyclic) bond motifs is 2. The van der Waals surface area contributed by atoms with Crippen molar-refractivity contribution in [1.29, 1.82) is 0 Å². The molecule has 4 rings (SSSR count). The third-order valence-corrected chi connectivity index (χ3v) is 4.62. The van der Waals surface area contributed by atoms with Gasteiger partial charge in [0.15, 0.2) is 10.9 Å². The highest BCUT2D eigenvalue weighted by atomic mass is 32.2. The molecule has 2 aromatic carbocycles. The van der Waals surface area contributed by atoms with E-state index in [0.717, 1.165) is 11.2 Å². The Bertz CT molecular complexity index is 967. The van der Waals surface area contributed by atoms with Crippen molar-refractivity contribution in [2.45, 2.75) is 10.5 Å². The lowest BCUT2D eigenvalue weighted by molar-refractivity contribution is 0.0948. The minimum atomic E-state index is -0.339. The van der Waals surface area contributed by atoms with Gasteiger partial charge in [-0.05, 0) is 24.3 Å². The summed E-state index contributed by atoms with van der Waals surface area (Å²) in [7, 11) is 0. The zero-order chi connectivity index (χ0) is 15.8. The normalized spacial score (nSPS) is 16.5. The number of carbonyl (C=O) groups excluding carboxylic acids is 1. The molecule has 0 unspecified atom stereocenters. The van der Waals surface area contributed by atoms with Crippen LogP contribution in [0.2, 0.25) is 0 Å². The van der Waals surface area contributed by atoms with Gasteiger partial charge in [0.25, 0.3) is 5.91 Å². The van der Waals surface area contributed by atoms with Crippen LogP contribution in [0, 0.1) is 0 Å². The number of hydrogen-bond acceptors (Lipinski definition) is 4. The molecule has 0 fully saturated rings. The van der Waals surface area contributed by atoms with Crippen LogP contribution >= 0.6 is 11.8 Å². The summed E-state index contributed by atoms with van der Waals surface area (Å²) in [5.41, 5.74) is 1.82. The molecule has 3 N–H and O–H groups in total. The molecule has 3 aromatic rings. The predicted molar refractivity (Wildman–Crippen MR) is 91.7 cm³/mol. The minimum absolute atomic E-state index is 0.0376. The van der Waals surface area contributed by atoms with Crippen LogP contribution in [0.15, 0.2) is 64.4 Å². The largest absolute Gasteiger partial charge is 0.356 e. The standard InChI is InChI=1S/C17H13N3O2S/c21-14-9-15(18-12-7-3-1-5-10(12)14)23-17-19-13-8-4-2-6-11(13)16(22)20-17/h1-9,17,19H,(H,18,21)(H,20,22)/t17-/m0/s1. The quantitative estimate of drug-likeness (QED) is 0.678. The zero-order valence-corrected chi connectivity index (χ0v) is 12.8. The first-order valence-corrected chi connectivity index (χ1v) is 8.04. The lowest BCUT2D eigenvalue weighted by atomic mass is 10.1. The Balaban J connectivity index is 1.64. The van der Waals surface area contributed by atoms with Crippen molar-refractivity contribution in [2.75, 3.05) is 5.32 Å². The molecule has 2 heterocycles. The summed E-state index contributed by atoms with van der Waals surface area (Å²) in [6.07, 6.45) is 0. The van der Waals surface area contributed by atoms with E-state index in [1.54, 1.807) is 18.2 Å². The summed E-state index contributed by atoms with van der Waals surface area (Å²) in [6, 6.07) is 16.3. The molecule has 0 saturated heterocycles. The molecule has 0 saturated carbocycles. The van der Waals surface area contributed by atoms with E-state index in [1.165, 1.54) is 11.8 Å². The maximum absolute atomic E-state index is 12.2. The van der Waals surface area contributed by atoms with E-state index in [1.807, 2.05) is 36.4 Å². The molecule has 0 bridgehead atoms. The Labute approximate surface area is 136 Å². The van der Waals surface area contributed by atoms with Gasteiger partial charge in [-0.2, -0.15) is 0 Å². The number of carbonyl (C=O) groups is 1. The van der Waals surface area contributed by atoms with E-state index < -0.39 is 0 Å². The topological polar surface area (TPSA) is 74.0 Å². The van der Waals surface area contributed by atoms with Gasteiger partial charge in [0.2, 0.25) is 0 Å². The molecule has 0 aliphatic carbocycles. The SMILES string of the molecule is O=C1N[C@@H](Sc2cc(=O)c3ccccc3[nH]2)Nc2ccccc21. The van der Waals surface area contributed by atoms with Crippen molar-refractivity contribution in [1.82, 2.24) is 10.3 Å². The lowest BCUT2D eigenvalue weighted by Gasteiger charge is -2.27. The van der Waals surface area contributed by atoms with Crippen LogP contribution in [-0.2, 0) is 0 Å². The fourth-order valence-electron chi connectivity index (χ4n) is 2.60. The summed E-state index contributed by atoms with van der Waals surface area (Å²) in [5, 5.41) is 7.49. The third kappa shape index (κ3) is 2.57. The second-order valence-electron chi connectivity index (χ2n) is 5.20. The summed E-state index contributed by atoms with van der Waals surface area (Å²) >= 11 is 1.36. The Morgan fingerprint density at radius 3 is 2.61 bits per heavy atom. The molecule has 114 valence electrons. The second-order valence-corrected chi connectivity index (χ2v) is 6.35. The highest BCUT2D eigenvalue weighted by molar-refractivity contribution is 7.99. The van der Waals surface area contributed by atoms with Crippen LogP contribution in [-0.4, -0.2) is 16.4 Å². The van der Waals surface area contributed by atoms with E-state index in [9.17, 15) is 9.59 Å². The van der Waals surface area contributed by atoms with Crippen molar-refractivity contribution in [2.24, 2.45) is 0 Å². The summed E-state index contributed by atoms with van der Waals surface area (Å²) in [4.78, 5) is 27.5. The van der Waals surface area contributed by atoms with Gasteiger partial charge in [0.1, 0.15) is 0 Å². The highest BCUT2D eigenvalue weighted by Gasteiger charge is 2.23. The Hall–Kier alpha value is -2.73.